The number of primary amides is 1. The van der Waals surface area contributed by atoms with Crippen molar-refractivity contribution in [2.75, 3.05) is 6.54 Å². The van der Waals surface area contributed by atoms with E-state index in [0.717, 1.165) is 16.7 Å². The quantitative estimate of drug-likeness (QED) is 0.296. The van der Waals surface area contributed by atoms with Gasteiger partial charge < -0.3 is 26.4 Å². The van der Waals surface area contributed by atoms with Gasteiger partial charge in [-0.1, -0.05) is 24.0 Å². The van der Waals surface area contributed by atoms with Crippen LogP contribution < -0.4 is 21.7 Å². The van der Waals surface area contributed by atoms with E-state index in [1.165, 1.54) is 0 Å². The minimum atomic E-state index is -2.37. The normalized spacial score (nSPS) is 11.7. The Kier molecular flexibility index (Phi) is 13.1. The van der Waals surface area contributed by atoms with Gasteiger partial charge in [0.15, 0.2) is 0 Å². The smallest absolute Gasteiger partial charge is 0.408 e. The molecule has 0 radical (unpaired) electrons. The molecule has 5 N–H and O–H groups in total. The Morgan fingerprint density at radius 1 is 0.974 bits per heavy atom. The average Bonchev–Trinajstić information content (AvgIpc) is 2.82. The highest BCUT2D eigenvalue weighted by Gasteiger charge is 2.31. The van der Waals surface area contributed by atoms with Crippen LogP contribution in [0.15, 0.2) is 48.5 Å². The fourth-order valence-electron chi connectivity index (χ4n) is 3.02. The third kappa shape index (κ3) is 13.4. The third-order valence-electron chi connectivity index (χ3n) is 5.33. The van der Waals surface area contributed by atoms with E-state index in [1.54, 1.807) is 45.0 Å². The van der Waals surface area contributed by atoms with Crippen LogP contribution in [0.2, 0.25) is 0 Å². The molecule has 10 heteroatoms. The summed E-state index contributed by atoms with van der Waals surface area (Å²) >= 11 is 0. The zero-order chi connectivity index (χ0) is 29.6. The summed E-state index contributed by atoms with van der Waals surface area (Å²) in [4.78, 5) is 33.4. The Bertz CT molecular complexity index is 1130. The molecule has 0 fully saturated rings. The van der Waals surface area contributed by atoms with Crippen LogP contribution in [0.3, 0.4) is 0 Å². The molecule has 39 heavy (non-hydrogen) atoms. The van der Waals surface area contributed by atoms with E-state index in [0.29, 0.717) is 12.1 Å². The third-order valence-corrected chi connectivity index (χ3v) is 5.33. The molecule has 8 nitrogen and oxygen atoms in total. The van der Waals surface area contributed by atoms with Gasteiger partial charge >= 0.3 is 6.09 Å². The fraction of sp³-hybridized carbons (Fsp3) is 0.414. The molecule has 0 bridgehead atoms. The van der Waals surface area contributed by atoms with Crippen molar-refractivity contribution in [1.82, 2.24) is 16.0 Å². The van der Waals surface area contributed by atoms with Gasteiger partial charge in [-0.2, -0.15) is 0 Å². The molecule has 0 aliphatic heterocycles. The summed E-state index contributed by atoms with van der Waals surface area (Å²) < 4.78 is 29.7. The lowest BCUT2D eigenvalue weighted by Gasteiger charge is -2.34. The molecule has 1 atom stereocenters. The first-order valence-electron chi connectivity index (χ1n) is 12.3. The number of benzene rings is 2. The van der Waals surface area contributed by atoms with Crippen molar-refractivity contribution < 1.29 is 27.9 Å². The minimum absolute atomic E-state index is 0.250. The number of carbonyl (C=O) groups is 3. The fourth-order valence-corrected chi connectivity index (χ4v) is 3.02. The summed E-state index contributed by atoms with van der Waals surface area (Å²) in [6.07, 6.45) is -2.67. The van der Waals surface area contributed by atoms with Crippen molar-refractivity contribution in [3.8, 4) is 11.8 Å². The highest BCUT2D eigenvalue weighted by molar-refractivity contribution is 5.94. The van der Waals surface area contributed by atoms with Crippen molar-refractivity contribution >= 4 is 18.4 Å². The number of alkyl carbamates (subject to hydrolysis) is 1. The second-order valence-corrected chi connectivity index (χ2v) is 10.2. The summed E-state index contributed by atoms with van der Waals surface area (Å²) in [5.74, 6) is 5.84. The number of rotatable bonds is 8. The van der Waals surface area contributed by atoms with Crippen LogP contribution in [0.4, 0.5) is 13.6 Å². The Labute approximate surface area is 229 Å². The molecular weight excluding hydrogens is 506 g/mol. The van der Waals surface area contributed by atoms with Gasteiger partial charge in [0.2, 0.25) is 6.41 Å². The van der Waals surface area contributed by atoms with Gasteiger partial charge in [0.25, 0.3) is 12.3 Å². The number of hydrogen-bond acceptors (Lipinski definition) is 5. The standard InChI is InChI=1S/C28H35F2N3O3.CH3NO/c1-19(28(5,6)33-26(35)36-27(2,3)4)32-25(34)23-15-13-21(14-16-23)8-7-20-9-11-22(12-10-20)17-31-18-24(29)30;2-1-3/h9-16,19,24,31H,17-18H2,1-6H3,(H,32,34)(H,33,35);1H,(H2,2,3). The number of carbonyl (C=O) groups excluding carboxylic acids is 3. The second kappa shape index (κ2) is 15.4. The zero-order valence-electron chi connectivity index (χ0n) is 23.2. The lowest BCUT2D eigenvalue weighted by molar-refractivity contribution is -0.106. The maximum absolute atomic E-state index is 12.7. The largest absolute Gasteiger partial charge is 0.444 e. The van der Waals surface area contributed by atoms with Crippen molar-refractivity contribution in [2.24, 2.45) is 5.73 Å². The van der Waals surface area contributed by atoms with E-state index in [1.807, 2.05) is 45.0 Å². The highest BCUT2D eigenvalue weighted by Crippen LogP contribution is 2.14. The summed E-state index contributed by atoms with van der Waals surface area (Å²) in [6.45, 7) is 10.8. The molecule has 0 saturated carbocycles. The first-order valence-corrected chi connectivity index (χ1v) is 12.3. The molecule has 2 aromatic carbocycles. The van der Waals surface area contributed by atoms with Gasteiger partial charge in [-0.05, 0) is 83.5 Å². The molecule has 0 spiro atoms. The first-order chi connectivity index (χ1) is 18.2. The van der Waals surface area contributed by atoms with Crippen LogP contribution in [-0.2, 0) is 16.1 Å². The van der Waals surface area contributed by atoms with Crippen LogP contribution in [0.5, 0.6) is 0 Å². The molecule has 0 aliphatic carbocycles. The average molecular weight is 545 g/mol. The van der Waals surface area contributed by atoms with E-state index in [9.17, 15) is 18.4 Å². The molecule has 3 amide bonds. The maximum atomic E-state index is 12.7. The van der Waals surface area contributed by atoms with Crippen LogP contribution >= 0.6 is 0 Å². The molecule has 2 aromatic rings. The number of nitrogens with two attached hydrogens (primary N) is 1. The van der Waals surface area contributed by atoms with Crippen LogP contribution in [0.25, 0.3) is 0 Å². The van der Waals surface area contributed by atoms with Gasteiger partial charge in [0, 0.05) is 29.3 Å². The molecule has 1 unspecified atom stereocenters. The summed E-state index contributed by atoms with van der Waals surface area (Å²) in [5.41, 5.74) is 5.72. The van der Waals surface area contributed by atoms with Crippen molar-refractivity contribution in [3.63, 3.8) is 0 Å². The van der Waals surface area contributed by atoms with Crippen molar-refractivity contribution in [2.45, 2.75) is 71.7 Å². The lowest BCUT2D eigenvalue weighted by atomic mass is 9.96. The number of hydrogen-bond donors (Lipinski definition) is 4. The molecule has 0 aliphatic rings. The molecule has 0 aromatic heterocycles. The molecule has 2 rings (SSSR count). The number of nitrogens with one attached hydrogen (secondary N) is 3. The minimum Gasteiger partial charge on any atom is -0.444 e. The predicted octanol–water partition coefficient (Wildman–Crippen LogP) is 3.96. The Hall–Kier alpha value is -3.97. The summed E-state index contributed by atoms with van der Waals surface area (Å²) in [5, 5.41) is 8.40. The molecule has 212 valence electrons. The van der Waals surface area contributed by atoms with Crippen molar-refractivity contribution in [1.29, 1.82) is 0 Å². The Balaban J connectivity index is 0.00000242. The molecule has 0 heterocycles. The number of halogens is 2. The van der Waals surface area contributed by atoms with Gasteiger partial charge in [0.1, 0.15) is 5.60 Å². The lowest BCUT2D eigenvalue weighted by Crippen LogP contribution is -2.58. The molecular formula is C29H38F2N4O4. The zero-order valence-corrected chi connectivity index (χ0v) is 23.2. The van der Waals surface area contributed by atoms with Crippen LogP contribution in [0.1, 0.15) is 68.6 Å². The SMILES string of the molecule is CC(NC(=O)c1ccc(C#Cc2ccc(CNCC(F)F)cc2)cc1)C(C)(C)NC(=O)OC(C)(C)C.NC=O. The number of ether oxygens (including phenoxy) is 1. The Morgan fingerprint density at radius 3 is 1.92 bits per heavy atom. The van der Waals surface area contributed by atoms with Crippen LogP contribution in [-0.4, -0.2) is 48.6 Å². The monoisotopic (exact) mass is 544 g/mol. The highest BCUT2D eigenvalue weighted by atomic mass is 19.3. The van der Waals surface area contributed by atoms with Crippen molar-refractivity contribution in [3.05, 3.63) is 70.8 Å². The molecule has 0 saturated heterocycles. The summed E-state index contributed by atoms with van der Waals surface area (Å²) in [7, 11) is 0. The van der Waals surface area contributed by atoms with Gasteiger partial charge in [0.05, 0.1) is 12.1 Å². The van der Waals surface area contributed by atoms with E-state index in [2.05, 4.69) is 33.5 Å². The van der Waals surface area contributed by atoms with Gasteiger partial charge in [-0.3, -0.25) is 9.59 Å². The van der Waals surface area contributed by atoms with E-state index in [-0.39, 0.29) is 24.9 Å². The van der Waals surface area contributed by atoms with Gasteiger partial charge in [-0.15, -0.1) is 0 Å². The summed E-state index contributed by atoms with van der Waals surface area (Å²) in [6, 6.07) is 13.9. The second-order valence-electron chi connectivity index (χ2n) is 10.2. The predicted molar refractivity (Wildman–Crippen MR) is 147 cm³/mol. The van der Waals surface area contributed by atoms with E-state index in [4.69, 9.17) is 9.53 Å². The Morgan fingerprint density at radius 2 is 1.46 bits per heavy atom. The maximum Gasteiger partial charge on any atom is 0.408 e. The first kappa shape index (κ1) is 33.1. The number of alkyl halides is 2. The van der Waals surface area contributed by atoms with E-state index >= 15 is 0 Å². The van der Waals surface area contributed by atoms with Crippen LogP contribution in [0, 0.1) is 11.8 Å². The van der Waals surface area contributed by atoms with Gasteiger partial charge in [-0.25, -0.2) is 13.6 Å². The number of amides is 3. The topological polar surface area (TPSA) is 123 Å². The van der Waals surface area contributed by atoms with E-state index < -0.39 is 23.7 Å².